The fourth-order valence-corrected chi connectivity index (χ4v) is 6.84. The number of benzene rings is 6. The van der Waals surface area contributed by atoms with E-state index in [-0.39, 0.29) is 6.71 Å². The monoisotopic (exact) mass is 510 g/mol. The van der Waals surface area contributed by atoms with E-state index < -0.39 is 0 Å². The zero-order valence-electron chi connectivity index (χ0n) is 21.7. The number of furan rings is 1. The molecule has 0 bridgehead atoms. The van der Waals surface area contributed by atoms with Crippen LogP contribution in [0.15, 0.2) is 144 Å². The van der Waals surface area contributed by atoms with Crippen LogP contribution in [0.2, 0.25) is 0 Å². The maximum atomic E-state index is 6.69. The summed E-state index contributed by atoms with van der Waals surface area (Å²) in [4.78, 5) is 4.82. The molecule has 0 N–H and O–H groups in total. The lowest BCUT2D eigenvalue weighted by Gasteiger charge is -2.43. The lowest BCUT2D eigenvalue weighted by Crippen LogP contribution is -2.61. The van der Waals surface area contributed by atoms with Gasteiger partial charge in [-0.3, -0.25) is 0 Å². The van der Waals surface area contributed by atoms with E-state index in [2.05, 4.69) is 143 Å². The fraction of sp³-hybridized carbons (Fsp3) is 0. The Morgan fingerprint density at radius 2 is 1.07 bits per heavy atom. The molecule has 2 aliphatic heterocycles. The van der Waals surface area contributed by atoms with Crippen LogP contribution in [0.1, 0.15) is 0 Å². The van der Waals surface area contributed by atoms with Crippen LogP contribution in [0.5, 0.6) is 0 Å². The molecule has 9 rings (SSSR count). The molecule has 7 aromatic rings. The Labute approximate surface area is 232 Å². The van der Waals surface area contributed by atoms with Crippen LogP contribution >= 0.6 is 0 Å². The number of para-hydroxylation sites is 4. The first-order valence-corrected chi connectivity index (χ1v) is 13.7. The number of fused-ring (bicyclic) bond motifs is 8. The minimum absolute atomic E-state index is 0.0786. The minimum Gasteiger partial charge on any atom is -0.454 e. The van der Waals surface area contributed by atoms with Gasteiger partial charge in [0.15, 0.2) is 5.58 Å². The number of anilines is 6. The summed E-state index contributed by atoms with van der Waals surface area (Å²) in [5, 5.41) is 2.29. The van der Waals surface area contributed by atoms with Gasteiger partial charge in [0.05, 0.1) is 5.69 Å². The molecule has 40 heavy (non-hydrogen) atoms. The third kappa shape index (κ3) is 2.85. The Morgan fingerprint density at radius 3 is 1.88 bits per heavy atom. The Kier molecular flexibility index (Phi) is 4.41. The third-order valence-electron chi connectivity index (χ3n) is 8.43. The van der Waals surface area contributed by atoms with Gasteiger partial charge < -0.3 is 14.2 Å². The second-order valence-electron chi connectivity index (χ2n) is 10.5. The lowest BCUT2D eigenvalue weighted by atomic mass is 9.33. The van der Waals surface area contributed by atoms with Gasteiger partial charge in [0.25, 0.3) is 6.71 Å². The van der Waals surface area contributed by atoms with Crippen LogP contribution in [0.25, 0.3) is 21.9 Å². The van der Waals surface area contributed by atoms with Gasteiger partial charge >= 0.3 is 0 Å². The lowest BCUT2D eigenvalue weighted by molar-refractivity contribution is 0.669. The van der Waals surface area contributed by atoms with E-state index in [1.165, 1.54) is 33.5 Å². The van der Waals surface area contributed by atoms with E-state index in [9.17, 15) is 0 Å². The standard InChI is InChI=1S/C36H23BN2O/c1-3-12-24(13-4-1)38-30-18-9-8-17-28(30)37-29-23-22-27-26-16-7-10-21-33(26)40-36(27)35(29)39(25-14-5-2-6-15-25)32-20-11-19-31(38)34(32)37/h1-23H. The quantitative estimate of drug-likeness (QED) is 0.223. The first-order chi connectivity index (χ1) is 19.9. The second kappa shape index (κ2) is 8.14. The van der Waals surface area contributed by atoms with Gasteiger partial charge in [0, 0.05) is 39.2 Å². The molecule has 2 aliphatic rings. The molecule has 1 aromatic heterocycles. The minimum atomic E-state index is 0.0786. The van der Waals surface area contributed by atoms with Crippen LogP contribution in [0.3, 0.4) is 0 Å². The predicted molar refractivity (Wildman–Crippen MR) is 168 cm³/mol. The van der Waals surface area contributed by atoms with Gasteiger partial charge in [-0.1, -0.05) is 91.0 Å². The molecule has 4 heteroatoms. The van der Waals surface area contributed by atoms with Crippen molar-refractivity contribution >= 4 is 79.2 Å². The molecule has 0 saturated heterocycles. The molecule has 3 nitrogen and oxygen atoms in total. The normalized spacial score (nSPS) is 13.3. The number of nitrogens with zero attached hydrogens (tertiary/aromatic N) is 2. The second-order valence-corrected chi connectivity index (χ2v) is 10.5. The maximum Gasteiger partial charge on any atom is 0.252 e. The van der Waals surface area contributed by atoms with E-state index in [0.717, 1.165) is 39.0 Å². The summed E-state index contributed by atoms with van der Waals surface area (Å²) in [5.41, 5.74) is 12.7. The van der Waals surface area contributed by atoms with E-state index in [1.54, 1.807) is 0 Å². The van der Waals surface area contributed by atoms with E-state index in [1.807, 2.05) is 6.07 Å². The molecule has 0 aliphatic carbocycles. The van der Waals surface area contributed by atoms with E-state index in [0.29, 0.717) is 0 Å². The predicted octanol–water partition coefficient (Wildman–Crippen LogP) is 7.67. The highest BCUT2D eigenvalue weighted by Crippen LogP contribution is 2.46. The molecule has 0 atom stereocenters. The number of rotatable bonds is 2. The molecule has 0 amide bonds. The van der Waals surface area contributed by atoms with Gasteiger partial charge in [0.2, 0.25) is 0 Å². The van der Waals surface area contributed by atoms with Gasteiger partial charge in [-0.2, -0.15) is 0 Å². The molecule has 0 saturated carbocycles. The van der Waals surface area contributed by atoms with Gasteiger partial charge in [-0.05, 0) is 64.9 Å². The van der Waals surface area contributed by atoms with Crippen LogP contribution in [-0.4, -0.2) is 6.71 Å². The Bertz CT molecular complexity index is 2080. The van der Waals surface area contributed by atoms with Crippen LogP contribution in [0.4, 0.5) is 34.1 Å². The maximum absolute atomic E-state index is 6.69. The molecule has 0 fully saturated rings. The summed E-state index contributed by atoms with van der Waals surface area (Å²) in [6, 6.07) is 49.9. The van der Waals surface area contributed by atoms with Gasteiger partial charge in [-0.15, -0.1) is 0 Å². The molecule has 0 radical (unpaired) electrons. The van der Waals surface area contributed by atoms with Crippen molar-refractivity contribution in [2.24, 2.45) is 0 Å². The van der Waals surface area contributed by atoms with Crippen molar-refractivity contribution in [3.05, 3.63) is 140 Å². The number of hydrogen-bond donors (Lipinski definition) is 0. The Morgan fingerprint density at radius 1 is 0.450 bits per heavy atom. The molecule has 186 valence electrons. The first kappa shape index (κ1) is 21.7. The molecule has 0 unspecified atom stereocenters. The first-order valence-electron chi connectivity index (χ1n) is 13.7. The zero-order valence-corrected chi connectivity index (χ0v) is 21.7. The highest BCUT2D eigenvalue weighted by Gasteiger charge is 2.44. The fourth-order valence-electron chi connectivity index (χ4n) is 6.84. The van der Waals surface area contributed by atoms with Crippen molar-refractivity contribution in [1.82, 2.24) is 0 Å². The van der Waals surface area contributed by atoms with Crippen LogP contribution in [0, 0.1) is 0 Å². The van der Waals surface area contributed by atoms with Crippen molar-refractivity contribution < 1.29 is 4.42 Å². The molecule has 6 aromatic carbocycles. The largest absolute Gasteiger partial charge is 0.454 e. The molecular weight excluding hydrogens is 487 g/mol. The summed E-state index contributed by atoms with van der Waals surface area (Å²) in [5.74, 6) is 0. The van der Waals surface area contributed by atoms with Crippen molar-refractivity contribution in [1.29, 1.82) is 0 Å². The van der Waals surface area contributed by atoms with Crippen molar-refractivity contribution in [2.45, 2.75) is 0 Å². The molecule has 3 heterocycles. The average molecular weight is 510 g/mol. The Hall–Kier alpha value is -5.22. The Balaban J connectivity index is 1.43. The van der Waals surface area contributed by atoms with Crippen molar-refractivity contribution in [3.8, 4) is 0 Å². The highest BCUT2D eigenvalue weighted by atomic mass is 16.3. The van der Waals surface area contributed by atoms with Gasteiger partial charge in [0.1, 0.15) is 5.58 Å². The van der Waals surface area contributed by atoms with Crippen LogP contribution < -0.4 is 26.2 Å². The van der Waals surface area contributed by atoms with Crippen molar-refractivity contribution in [2.75, 3.05) is 9.80 Å². The zero-order chi connectivity index (χ0) is 26.2. The topological polar surface area (TPSA) is 19.6 Å². The summed E-state index contributed by atoms with van der Waals surface area (Å²) < 4.78 is 6.69. The van der Waals surface area contributed by atoms with E-state index in [4.69, 9.17) is 4.42 Å². The van der Waals surface area contributed by atoms with Crippen molar-refractivity contribution in [3.63, 3.8) is 0 Å². The number of hydrogen-bond acceptors (Lipinski definition) is 3. The smallest absolute Gasteiger partial charge is 0.252 e. The SMILES string of the molecule is c1ccc(N2c3ccccc3B3c4ccc5c(oc6ccccc65)c4N(c4ccccc4)c4cccc2c43)cc1. The summed E-state index contributed by atoms with van der Waals surface area (Å²) in [7, 11) is 0. The van der Waals surface area contributed by atoms with Crippen LogP contribution in [-0.2, 0) is 0 Å². The van der Waals surface area contributed by atoms with E-state index >= 15 is 0 Å². The molecular formula is C36H23BN2O. The average Bonchev–Trinajstić information content (AvgIpc) is 3.41. The molecule has 0 spiro atoms. The summed E-state index contributed by atoms with van der Waals surface area (Å²) in [6.07, 6.45) is 0. The third-order valence-corrected chi connectivity index (χ3v) is 8.43. The van der Waals surface area contributed by atoms with Gasteiger partial charge in [-0.25, -0.2) is 0 Å². The summed E-state index contributed by atoms with van der Waals surface area (Å²) in [6.45, 7) is 0.0786. The highest BCUT2D eigenvalue weighted by molar-refractivity contribution is 7.00. The summed E-state index contributed by atoms with van der Waals surface area (Å²) >= 11 is 0.